The summed E-state index contributed by atoms with van der Waals surface area (Å²) < 4.78 is 2.85. The maximum absolute atomic E-state index is 3.91. The van der Waals surface area contributed by atoms with Gasteiger partial charge < -0.3 is 0 Å². The van der Waals surface area contributed by atoms with Crippen LogP contribution in [-0.2, 0) is 0 Å². The van der Waals surface area contributed by atoms with Crippen LogP contribution in [0.2, 0.25) is 0 Å². The van der Waals surface area contributed by atoms with Crippen LogP contribution in [0.1, 0.15) is 0 Å². The van der Waals surface area contributed by atoms with Gasteiger partial charge in [-0.25, -0.2) is 0 Å². The predicted octanol–water partition coefficient (Wildman–Crippen LogP) is 1.94. The van der Waals surface area contributed by atoms with Gasteiger partial charge in [0, 0.05) is 0 Å². The monoisotopic (exact) mass is 273 g/mol. The molecule has 0 N–H and O–H groups in total. The molecular formula is C14H11NSe. The Morgan fingerprint density at radius 2 is 1.38 bits per heavy atom. The topological polar surface area (TPSA) is 3.24 Å². The Balaban J connectivity index is 2.23. The van der Waals surface area contributed by atoms with Crippen molar-refractivity contribution in [2.24, 2.45) is 0 Å². The Labute approximate surface area is 102 Å². The molecule has 0 fully saturated rings. The summed E-state index contributed by atoms with van der Waals surface area (Å²) in [5.74, 6) is 0. The molecule has 0 bridgehead atoms. The van der Waals surface area contributed by atoms with Gasteiger partial charge in [0.05, 0.1) is 0 Å². The van der Waals surface area contributed by atoms with E-state index in [-0.39, 0.29) is 0 Å². The molecule has 0 spiro atoms. The van der Waals surface area contributed by atoms with Crippen molar-refractivity contribution in [1.29, 1.82) is 0 Å². The van der Waals surface area contributed by atoms with Gasteiger partial charge in [-0.3, -0.25) is 0 Å². The Morgan fingerprint density at radius 1 is 0.875 bits per heavy atom. The van der Waals surface area contributed by atoms with Crippen LogP contribution in [0.3, 0.4) is 0 Å². The van der Waals surface area contributed by atoms with Crippen molar-refractivity contribution in [3.63, 3.8) is 0 Å². The minimum atomic E-state index is 0.409. The first kappa shape index (κ1) is 9.71. The molecule has 0 aromatic heterocycles. The van der Waals surface area contributed by atoms with Crippen LogP contribution < -0.4 is 13.8 Å². The molecule has 16 heavy (non-hydrogen) atoms. The minimum absolute atomic E-state index is 0.409. The Morgan fingerprint density at radius 3 is 1.88 bits per heavy atom. The first-order valence-corrected chi connectivity index (χ1v) is 6.89. The number of rotatable bonds is 1. The first-order chi connectivity index (χ1) is 7.90. The van der Waals surface area contributed by atoms with E-state index in [0.29, 0.717) is 15.0 Å². The number of hydrogen-bond donors (Lipinski definition) is 0. The second-order valence-electron chi connectivity index (χ2n) is 3.59. The molecule has 0 atom stereocenters. The molecule has 0 unspecified atom stereocenters. The molecule has 1 aliphatic rings. The molecule has 0 aliphatic carbocycles. The van der Waals surface area contributed by atoms with E-state index in [1.54, 1.807) is 0 Å². The van der Waals surface area contributed by atoms with Gasteiger partial charge in [0.1, 0.15) is 0 Å². The third-order valence-corrected chi connectivity index (χ3v) is 5.02. The molecule has 0 radical (unpaired) electrons. The normalized spacial score (nSPS) is 12.9. The number of hydrogen-bond acceptors (Lipinski definition) is 1. The van der Waals surface area contributed by atoms with Crippen LogP contribution in [0.5, 0.6) is 0 Å². The average Bonchev–Trinajstić information content (AvgIpc) is 2.36. The van der Waals surface area contributed by atoms with Crippen molar-refractivity contribution < 1.29 is 0 Å². The Hall–Kier alpha value is -1.50. The van der Waals surface area contributed by atoms with E-state index in [1.165, 1.54) is 20.3 Å². The molecule has 0 saturated heterocycles. The summed E-state index contributed by atoms with van der Waals surface area (Å²) >= 11 is 0.409. The number of nitrogens with zero attached hydrogens (tertiary/aromatic N) is 1. The van der Waals surface area contributed by atoms with E-state index in [1.807, 2.05) is 6.20 Å². The number of para-hydroxylation sites is 2. The third-order valence-electron chi connectivity index (χ3n) is 2.65. The van der Waals surface area contributed by atoms with Gasteiger partial charge in [0.25, 0.3) is 0 Å². The van der Waals surface area contributed by atoms with E-state index in [0.717, 1.165) is 0 Å². The molecule has 3 rings (SSSR count). The molecular weight excluding hydrogens is 261 g/mol. The molecule has 1 aliphatic heterocycles. The molecule has 78 valence electrons. The molecule has 1 heterocycles. The van der Waals surface area contributed by atoms with Crippen LogP contribution in [0, 0.1) is 0 Å². The van der Waals surface area contributed by atoms with E-state index in [4.69, 9.17) is 0 Å². The molecule has 2 aromatic rings. The van der Waals surface area contributed by atoms with Gasteiger partial charge in [-0.05, 0) is 0 Å². The van der Waals surface area contributed by atoms with Gasteiger partial charge >= 0.3 is 101 Å². The van der Waals surface area contributed by atoms with Gasteiger partial charge in [0.2, 0.25) is 0 Å². The molecule has 2 aromatic carbocycles. The van der Waals surface area contributed by atoms with Crippen LogP contribution in [0.25, 0.3) is 0 Å². The molecule has 2 heteroatoms. The van der Waals surface area contributed by atoms with Crippen molar-refractivity contribution in [2.45, 2.75) is 0 Å². The van der Waals surface area contributed by atoms with Gasteiger partial charge in [-0.2, -0.15) is 0 Å². The Bertz CT molecular complexity index is 502. The second-order valence-corrected chi connectivity index (χ2v) is 5.86. The van der Waals surface area contributed by atoms with Crippen LogP contribution in [0.15, 0.2) is 61.3 Å². The summed E-state index contributed by atoms with van der Waals surface area (Å²) in [5.41, 5.74) is 2.55. The fraction of sp³-hybridized carbons (Fsp3) is 0. The number of benzene rings is 2. The fourth-order valence-electron chi connectivity index (χ4n) is 1.93. The van der Waals surface area contributed by atoms with Gasteiger partial charge in [0.15, 0.2) is 0 Å². The van der Waals surface area contributed by atoms with Crippen LogP contribution in [-0.4, -0.2) is 15.0 Å². The van der Waals surface area contributed by atoms with Crippen molar-refractivity contribution >= 4 is 35.3 Å². The van der Waals surface area contributed by atoms with Crippen molar-refractivity contribution in [2.75, 3.05) is 4.90 Å². The summed E-state index contributed by atoms with van der Waals surface area (Å²) in [5, 5.41) is 0. The summed E-state index contributed by atoms with van der Waals surface area (Å²) in [7, 11) is 0. The van der Waals surface area contributed by atoms with E-state index >= 15 is 0 Å². The van der Waals surface area contributed by atoms with Gasteiger partial charge in [-0.15, -0.1) is 0 Å². The summed E-state index contributed by atoms with van der Waals surface area (Å²) in [4.78, 5) is 2.18. The second kappa shape index (κ2) is 3.82. The SMILES string of the molecule is C=CN1c2ccccc2[Se]c2ccccc21. The average molecular weight is 272 g/mol. The summed E-state index contributed by atoms with van der Waals surface area (Å²) in [6.07, 6.45) is 1.90. The quantitative estimate of drug-likeness (QED) is 0.717. The van der Waals surface area contributed by atoms with Crippen LogP contribution >= 0.6 is 0 Å². The fourth-order valence-corrected chi connectivity index (χ4v) is 4.18. The third kappa shape index (κ3) is 1.39. The Kier molecular flexibility index (Phi) is 2.32. The van der Waals surface area contributed by atoms with E-state index in [2.05, 4.69) is 60.0 Å². The van der Waals surface area contributed by atoms with Gasteiger partial charge in [-0.1, -0.05) is 0 Å². The van der Waals surface area contributed by atoms with Crippen molar-refractivity contribution in [3.05, 3.63) is 61.3 Å². The maximum atomic E-state index is 3.91. The standard InChI is InChI=1S/C14H11NSe/c1-2-15-11-7-3-5-9-13(11)16-14-10-6-4-8-12(14)15/h2-10H,1H2. The molecule has 1 nitrogen and oxygen atoms in total. The number of fused-ring (bicyclic) bond motifs is 2. The summed E-state index contributed by atoms with van der Waals surface area (Å²) in [6.45, 7) is 3.91. The zero-order chi connectivity index (χ0) is 11.0. The van der Waals surface area contributed by atoms with Crippen LogP contribution in [0.4, 0.5) is 11.4 Å². The predicted molar refractivity (Wildman–Crippen MR) is 70.2 cm³/mol. The van der Waals surface area contributed by atoms with Crippen molar-refractivity contribution in [3.8, 4) is 0 Å². The zero-order valence-corrected chi connectivity index (χ0v) is 10.5. The van der Waals surface area contributed by atoms with E-state index in [9.17, 15) is 0 Å². The van der Waals surface area contributed by atoms with E-state index < -0.39 is 0 Å². The van der Waals surface area contributed by atoms with Crippen molar-refractivity contribution in [1.82, 2.24) is 0 Å². The summed E-state index contributed by atoms with van der Waals surface area (Å²) in [6, 6.07) is 17.1. The molecule has 0 amide bonds. The number of anilines is 2. The molecule has 0 saturated carbocycles. The first-order valence-electron chi connectivity index (χ1n) is 5.18. The zero-order valence-electron chi connectivity index (χ0n) is 8.76.